The number of esters is 1. The summed E-state index contributed by atoms with van der Waals surface area (Å²) in [5.74, 6) is -0.0588. The third-order valence-corrected chi connectivity index (χ3v) is 5.27. The minimum absolute atomic E-state index is 0.0588. The number of carbonyl (C=O) groups is 1. The van der Waals surface area contributed by atoms with Gasteiger partial charge in [-0.1, -0.05) is 44.5 Å². The molecule has 1 saturated carbocycles. The molecule has 2 nitrogen and oxygen atoms in total. The molecule has 0 heterocycles. The molecule has 0 N–H and O–H groups in total. The second-order valence-electron chi connectivity index (χ2n) is 7.23. The van der Waals surface area contributed by atoms with Gasteiger partial charge in [-0.2, -0.15) is 0 Å². The lowest BCUT2D eigenvalue weighted by molar-refractivity contribution is -0.176. The number of benzene rings is 1. The maximum Gasteiger partial charge on any atom is 0.312 e. The van der Waals surface area contributed by atoms with Gasteiger partial charge < -0.3 is 4.74 Å². The summed E-state index contributed by atoms with van der Waals surface area (Å²) < 4.78 is 6.16. The summed E-state index contributed by atoms with van der Waals surface area (Å²) in [4.78, 5) is 12.6. The van der Waals surface area contributed by atoms with Crippen molar-refractivity contribution in [2.24, 2.45) is 5.41 Å². The summed E-state index contributed by atoms with van der Waals surface area (Å²) in [5, 5.41) is 0. The monoisotopic (exact) mass is 302 g/mol. The van der Waals surface area contributed by atoms with Crippen LogP contribution in [0.5, 0.6) is 0 Å². The van der Waals surface area contributed by atoms with Crippen molar-refractivity contribution in [3.63, 3.8) is 0 Å². The van der Waals surface area contributed by atoms with E-state index >= 15 is 0 Å². The second-order valence-corrected chi connectivity index (χ2v) is 7.23. The summed E-state index contributed by atoms with van der Waals surface area (Å²) >= 11 is 0. The third kappa shape index (κ3) is 3.53. The largest absolute Gasteiger partial charge is 0.454 e. The molecule has 22 heavy (non-hydrogen) atoms. The molecule has 0 amide bonds. The van der Waals surface area contributed by atoms with E-state index in [-0.39, 0.29) is 5.97 Å². The second kappa shape index (κ2) is 6.85. The summed E-state index contributed by atoms with van der Waals surface area (Å²) in [6, 6.07) is 8.67. The number of hydrogen-bond acceptors (Lipinski definition) is 2. The van der Waals surface area contributed by atoms with Crippen molar-refractivity contribution in [3.8, 4) is 0 Å². The molecule has 1 aliphatic carbocycles. The topological polar surface area (TPSA) is 26.3 Å². The summed E-state index contributed by atoms with van der Waals surface area (Å²) in [6.45, 7) is 8.16. The highest BCUT2D eigenvalue weighted by Gasteiger charge is 2.41. The Balaban J connectivity index is 2.29. The molecule has 0 bridgehead atoms. The van der Waals surface area contributed by atoms with Gasteiger partial charge in [-0.25, -0.2) is 0 Å². The van der Waals surface area contributed by atoms with Crippen molar-refractivity contribution in [3.05, 3.63) is 35.4 Å². The van der Waals surface area contributed by atoms with Crippen molar-refractivity contribution in [2.75, 3.05) is 0 Å². The van der Waals surface area contributed by atoms with E-state index < -0.39 is 11.0 Å². The molecule has 0 radical (unpaired) electrons. The van der Waals surface area contributed by atoms with Crippen LogP contribution in [0.25, 0.3) is 0 Å². The Bertz CT molecular complexity index is 493. The minimum Gasteiger partial charge on any atom is -0.454 e. The van der Waals surface area contributed by atoms with E-state index in [0.29, 0.717) is 0 Å². The minimum atomic E-state index is -0.409. The third-order valence-electron chi connectivity index (χ3n) is 5.27. The van der Waals surface area contributed by atoms with Gasteiger partial charge in [-0.05, 0) is 63.5 Å². The van der Waals surface area contributed by atoms with Crippen molar-refractivity contribution >= 4 is 5.97 Å². The summed E-state index contributed by atoms with van der Waals surface area (Å²) in [7, 11) is 0. The first-order valence-corrected chi connectivity index (χ1v) is 8.76. The molecule has 1 fully saturated rings. The molecule has 0 spiro atoms. The van der Waals surface area contributed by atoms with Crippen LogP contribution in [0.3, 0.4) is 0 Å². The van der Waals surface area contributed by atoms with Gasteiger partial charge in [-0.3, -0.25) is 4.79 Å². The Labute approximate surface area is 135 Å². The van der Waals surface area contributed by atoms with Crippen LogP contribution in [0.4, 0.5) is 0 Å². The molecule has 0 aliphatic heterocycles. The van der Waals surface area contributed by atoms with E-state index in [9.17, 15) is 4.79 Å². The Morgan fingerprint density at radius 3 is 2.18 bits per heavy atom. The number of rotatable bonds is 5. The lowest BCUT2D eigenvalue weighted by atomic mass is 9.78. The molecule has 122 valence electrons. The Morgan fingerprint density at radius 1 is 1.09 bits per heavy atom. The van der Waals surface area contributed by atoms with Crippen molar-refractivity contribution in [1.29, 1.82) is 0 Å². The average Bonchev–Trinajstić information content (AvgIpc) is 2.55. The molecule has 0 aromatic heterocycles. The van der Waals surface area contributed by atoms with Crippen LogP contribution >= 0.6 is 0 Å². The molecule has 1 aliphatic rings. The first kappa shape index (κ1) is 17.1. The smallest absolute Gasteiger partial charge is 0.312 e. The fourth-order valence-electron chi connectivity index (χ4n) is 3.08. The molecule has 0 atom stereocenters. The zero-order valence-corrected chi connectivity index (χ0v) is 14.6. The van der Waals surface area contributed by atoms with Gasteiger partial charge in [0.2, 0.25) is 0 Å². The standard InChI is InChI=1S/C20H30O2/c1-5-16-10-12-17(13-11-16)20(14-8-7-9-15-20)22-18(21)19(3,4)6-2/h10-13H,5-9,14-15H2,1-4H3. The predicted molar refractivity (Wildman–Crippen MR) is 90.7 cm³/mol. The van der Waals surface area contributed by atoms with Gasteiger partial charge in [0.25, 0.3) is 0 Å². The van der Waals surface area contributed by atoms with Crippen LogP contribution in [-0.2, 0) is 21.6 Å². The number of ether oxygens (including phenoxy) is 1. The molecule has 1 aromatic carbocycles. The molecular weight excluding hydrogens is 272 g/mol. The molecule has 0 saturated heterocycles. The van der Waals surface area contributed by atoms with Gasteiger partial charge in [0.1, 0.15) is 5.60 Å². The van der Waals surface area contributed by atoms with Gasteiger partial charge >= 0.3 is 5.97 Å². The first-order chi connectivity index (χ1) is 10.4. The first-order valence-electron chi connectivity index (χ1n) is 8.76. The van der Waals surface area contributed by atoms with Crippen LogP contribution in [-0.4, -0.2) is 5.97 Å². The van der Waals surface area contributed by atoms with E-state index in [1.165, 1.54) is 17.5 Å². The van der Waals surface area contributed by atoms with Crippen molar-refractivity contribution < 1.29 is 9.53 Å². The average molecular weight is 302 g/mol. The van der Waals surface area contributed by atoms with E-state index in [2.05, 4.69) is 31.2 Å². The van der Waals surface area contributed by atoms with Crippen LogP contribution in [0.1, 0.15) is 77.3 Å². The van der Waals surface area contributed by atoms with Crippen LogP contribution in [0.2, 0.25) is 0 Å². The van der Waals surface area contributed by atoms with E-state index in [1.54, 1.807) is 0 Å². The molecule has 2 rings (SSSR count). The highest BCUT2D eigenvalue weighted by molar-refractivity contribution is 5.76. The Morgan fingerprint density at radius 2 is 1.68 bits per heavy atom. The zero-order valence-electron chi connectivity index (χ0n) is 14.6. The Hall–Kier alpha value is -1.31. The fourth-order valence-corrected chi connectivity index (χ4v) is 3.08. The van der Waals surface area contributed by atoms with E-state index in [1.807, 2.05) is 20.8 Å². The maximum atomic E-state index is 12.6. The van der Waals surface area contributed by atoms with Crippen molar-refractivity contribution in [2.45, 2.75) is 78.2 Å². The lowest BCUT2D eigenvalue weighted by Gasteiger charge is -2.39. The van der Waals surface area contributed by atoms with Gasteiger partial charge in [0.15, 0.2) is 0 Å². The highest BCUT2D eigenvalue weighted by Crippen LogP contribution is 2.42. The van der Waals surface area contributed by atoms with E-state index in [0.717, 1.165) is 38.5 Å². The number of carbonyl (C=O) groups excluding carboxylic acids is 1. The summed E-state index contributed by atoms with van der Waals surface area (Å²) in [6.07, 6.45) is 7.24. The number of aryl methyl sites for hydroxylation is 1. The predicted octanol–water partition coefficient (Wildman–Crippen LogP) is 5.39. The molecule has 0 unspecified atom stereocenters. The maximum absolute atomic E-state index is 12.6. The van der Waals surface area contributed by atoms with Crippen LogP contribution in [0.15, 0.2) is 24.3 Å². The van der Waals surface area contributed by atoms with Crippen molar-refractivity contribution in [1.82, 2.24) is 0 Å². The fraction of sp³-hybridized carbons (Fsp3) is 0.650. The zero-order chi connectivity index (χ0) is 16.2. The molecular formula is C20H30O2. The van der Waals surface area contributed by atoms with Crippen LogP contribution < -0.4 is 0 Å². The Kier molecular flexibility index (Phi) is 5.31. The summed E-state index contributed by atoms with van der Waals surface area (Å²) in [5.41, 5.74) is 1.68. The highest BCUT2D eigenvalue weighted by atomic mass is 16.6. The molecule has 2 heteroatoms. The number of hydrogen-bond donors (Lipinski definition) is 0. The van der Waals surface area contributed by atoms with Crippen LogP contribution in [0, 0.1) is 5.41 Å². The normalized spacial score (nSPS) is 18.0. The quantitative estimate of drug-likeness (QED) is 0.682. The SMILES string of the molecule is CCc1ccc(C2(OC(=O)C(C)(C)CC)CCCCC2)cc1. The lowest BCUT2D eigenvalue weighted by Crippen LogP contribution is -2.39. The molecule has 1 aromatic rings. The van der Waals surface area contributed by atoms with E-state index in [4.69, 9.17) is 4.74 Å². The van der Waals surface area contributed by atoms with Gasteiger partial charge in [-0.15, -0.1) is 0 Å². The van der Waals surface area contributed by atoms with Gasteiger partial charge in [0, 0.05) is 0 Å². The van der Waals surface area contributed by atoms with Gasteiger partial charge in [0.05, 0.1) is 5.41 Å².